The topological polar surface area (TPSA) is 15.3 Å². The second-order valence-electron chi connectivity index (χ2n) is 5.57. The maximum atomic E-state index is 13.5. The molecule has 0 spiro atoms. The van der Waals surface area contributed by atoms with E-state index in [0.29, 0.717) is 6.04 Å². The van der Waals surface area contributed by atoms with Crippen LogP contribution in [0.15, 0.2) is 18.2 Å². The number of aryl methyl sites for hydroxylation is 1. The largest absolute Gasteiger partial charge is 0.314 e. The summed E-state index contributed by atoms with van der Waals surface area (Å²) in [6.07, 6.45) is 2.59. The van der Waals surface area contributed by atoms with Crippen molar-refractivity contribution in [3.8, 4) is 0 Å². The van der Waals surface area contributed by atoms with Crippen LogP contribution in [0.3, 0.4) is 0 Å². The number of benzene rings is 1. The van der Waals surface area contributed by atoms with Crippen molar-refractivity contribution in [2.45, 2.75) is 25.8 Å². The van der Waals surface area contributed by atoms with E-state index in [1.807, 2.05) is 6.07 Å². The summed E-state index contributed by atoms with van der Waals surface area (Å²) in [5, 5.41) is 3.39. The molecule has 5 heteroatoms. The summed E-state index contributed by atoms with van der Waals surface area (Å²) in [6.45, 7) is 6.37. The Kier molecular flexibility index (Phi) is 6.73. The van der Waals surface area contributed by atoms with Crippen molar-refractivity contribution < 1.29 is 4.39 Å². The molecule has 1 heterocycles. The van der Waals surface area contributed by atoms with Gasteiger partial charge >= 0.3 is 0 Å². The van der Waals surface area contributed by atoms with Gasteiger partial charge in [-0.25, -0.2) is 4.39 Å². The molecule has 2 nitrogen and oxygen atoms in total. The van der Waals surface area contributed by atoms with Crippen molar-refractivity contribution in [1.29, 1.82) is 0 Å². The molecule has 1 saturated carbocycles. The van der Waals surface area contributed by atoms with Gasteiger partial charge in [-0.3, -0.25) is 4.90 Å². The summed E-state index contributed by atoms with van der Waals surface area (Å²) < 4.78 is 13.5. The number of hydrogen-bond acceptors (Lipinski definition) is 2. The summed E-state index contributed by atoms with van der Waals surface area (Å²) in [6, 6.07) is 5.67. The first-order valence-electron chi connectivity index (χ1n) is 6.96. The molecule has 1 atom stereocenters. The van der Waals surface area contributed by atoms with Crippen molar-refractivity contribution in [3.05, 3.63) is 35.1 Å². The Hall–Kier alpha value is -0.350. The van der Waals surface area contributed by atoms with Crippen LogP contribution in [0.2, 0.25) is 0 Å². The van der Waals surface area contributed by atoms with Gasteiger partial charge in [0.25, 0.3) is 0 Å². The van der Waals surface area contributed by atoms with E-state index in [1.54, 1.807) is 12.1 Å². The van der Waals surface area contributed by atoms with E-state index >= 15 is 0 Å². The third kappa shape index (κ3) is 3.85. The molecular formula is C15H23Cl2FN2. The molecule has 1 saturated heterocycles. The second kappa shape index (κ2) is 7.60. The van der Waals surface area contributed by atoms with E-state index in [2.05, 4.69) is 17.1 Å². The minimum atomic E-state index is -0.101. The molecule has 114 valence electrons. The van der Waals surface area contributed by atoms with Crippen LogP contribution >= 0.6 is 24.8 Å². The van der Waals surface area contributed by atoms with Crippen LogP contribution in [0, 0.1) is 18.7 Å². The third-order valence-electron chi connectivity index (χ3n) is 4.17. The van der Waals surface area contributed by atoms with Crippen LogP contribution in [0.4, 0.5) is 4.39 Å². The van der Waals surface area contributed by atoms with E-state index in [-0.39, 0.29) is 30.6 Å². The highest BCUT2D eigenvalue weighted by molar-refractivity contribution is 5.85. The summed E-state index contributed by atoms with van der Waals surface area (Å²) >= 11 is 0. The van der Waals surface area contributed by atoms with Crippen LogP contribution in [0.1, 0.15) is 30.0 Å². The zero-order valence-corrected chi connectivity index (χ0v) is 13.4. The zero-order chi connectivity index (χ0) is 12.5. The highest BCUT2D eigenvalue weighted by Gasteiger charge is 2.37. The molecule has 1 aliphatic carbocycles. The predicted octanol–water partition coefficient (Wildman–Crippen LogP) is 3.33. The molecule has 2 aliphatic rings. The summed E-state index contributed by atoms with van der Waals surface area (Å²) in [7, 11) is 0. The summed E-state index contributed by atoms with van der Waals surface area (Å²) in [4.78, 5) is 2.54. The lowest BCUT2D eigenvalue weighted by molar-refractivity contribution is 0.155. The first-order chi connectivity index (χ1) is 8.75. The van der Waals surface area contributed by atoms with Gasteiger partial charge < -0.3 is 5.32 Å². The van der Waals surface area contributed by atoms with Crippen LogP contribution in [-0.4, -0.2) is 31.1 Å². The van der Waals surface area contributed by atoms with Gasteiger partial charge in [0.15, 0.2) is 0 Å². The summed E-state index contributed by atoms with van der Waals surface area (Å²) in [5.74, 6) is 0.639. The van der Waals surface area contributed by atoms with Gasteiger partial charge in [-0.05, 0) is 48.9 Å². The van der Waals surface area contributed by atoms with Crippen molar-refractivity contribution >= 4 is 24.8 Å². The highest BCUT2D eigenvalue weighted by Crippen LogP contribution is 2.45. The molecule has 1 aromatic rings. The van der Waals surface area contributed by atoms with E-state index in [4.69, 9.17) is 0 Å². The van der Waals surface area contributed by atoms with Crippen molar-refractivity contribution in [3.63, 3.8) is 0 Å². The first-order valence-corrected chi connectivity index (χ1v) is 6.96. The van der Waals surface area contributed by atoms with Gasteiger partial charge in [-0.1, -0.05) is 6.07 Å². The van der Waals surface area contributed by atoms with Gasteiger partial charge in [0.1, 0.15) is 5.82 Å². The molecule has 0 amide bonds. The lowest BCUT2D eigenvalue weighted by atomic mass is 9.95. The number of nitrogens with one attached hydrogen (secondary N) is 1. The van der Waals surface area contributed by atoms with Crippen LogP contribution in [-0.2, 0) is 0 Å². The Morgan fingerprint density at radius 3 is 2.45 bits per heavy atom. The molecule has 3 rings (SSSR count). The molecule has 0 unspecified atom stereocenters. The number of nitrogens with zero attached hydrogens (tertiary/aromatic N) is 1. The normalized spacial score (nSPS) is 20.7. The lowest BCUT2D eigenvalue weighted by Gasteiger charge is -2.36. The summed E-state index contributed by atoms with van der Waals surface area (Å²) in [5.41, 5.74) is 2.44. The predicted molar refractivity (Wildman–Crippen MR) is 85.5 cm³/mol. The maximum absolute atomic E-state index is 13.5. The Labute approximate surface area is 132 Å². The minimum Gasteiger partial charge on any atom is -0.314 e. The van der Waals surface area contributed by atoms with Crippen molar-refractivity contribution in [1.82, 2.24) is 10.2 Å². The molecule has 2 fully saturated rings. The van der Waals surface area contributed by atoms with E-state index in [1.165, 1.54) is 24.0 Å². The van der Waals surface area contributed by atoms with Crippen molar-refractivity contribution in [2.75, 3.05) is 26.2 Å². The fraction of sp³-hybridized carbons (Fsp3) is 0.600. The average Bonchev–Trinajstić information content (AvgIpc) is 3.20. The molecule has 0 radical (unpaired) electrons. The molecular weight excluding hydrogens is 298 g/mol. The molecule has 1 N–H and O–H groups in total. The molecule has 1 aromatic carbocycles. The fourth-order valence-corrected chi connectivity index (χ4v) is 3.05. The lowest BCUT2D eigenvalue weighted by Crippen LogP contribution is -2.45. The van der Waals surface area contributed by atoms with Gasteiger partial charge in [0.05, 0.1) is 0 Å². The maximum Gasteiger partial charge on any atom is 0.123 e. The van der Waals surface area contributed by atoms with E-state index in [0.717, 1.165) is 32.1 Å². The van der Waals surface area contributed by atoms with Gasteiger partial charge in [-0.2, -0.15) is 0 Å². The highest BCUT2D eigenvalue weighted by atomic mass is 35.5. The smallest absolute Gasteiger partial charge is 0.123 e. The van der Waals surface area contributed by atoms with Gasteiger partial charge in [-0.15, -0.1) is 24.8 Å². The molecule has 1 aliphatic heterocycles. The molecule has 20 heavy (non-hydrogen) atoms. The Morgan fingerprint density at radius 2 is 1.85 bits per heavy atom. The average molecular weight is 321 g/mol. The third-order valence-corrected chi connectivity index (χ3v) is 4.17. The second-order valence-corrected chi connectivity index (χ2v) is 5.57. The number of hydrogen-bond donors (Lipinski definition) is 1. The van der Waals surface area contributed by atoms with Gasteiger partial charge in [0.2, 0.25) is 0 Å². The van der Waals surface area contributed by atoms with Crippen LogP contribution in [0.25, 0.3) is 0 Å². The van der Waals surface area contributed by atoms with Crippen LogP contribution < -0.4 is 5.32 Å². The van der Waals surface area contributed by atoms with Crippen LogP contribution in [0.5, 0.6) is 0 Å². The van der Waals surface area contributed by atoms with E-state index < -0.39 is 0 Å². The molecule has 0 bridgehead atoms. The quantitative estimate of drug-likeness (QED) is 0.919. The van der Waals surface area contributed by atoms with E-state index in [9.17, 15) is 4.39 Å². The fourth-order valence-electron chi connectivity index (χ4n) is 3.05. The standard InChI is InChI=1S/C15H21FN2.2ClH/c1-11-2-5-13(16)10-14(11)15(12-3-4-12)18-8-6-17-7-9-18;;/h2,5,10,12,15,17H,3-4,6-9H2,1H3;2*1H/t15-;;/m1../s1. The minimum absolute atomic E-state index is 0. The number of rotatable bonds is 3. The monoisotopic (exact) mass is 320 g/mol. The zero-order valence-electron chi connectivity index (χ0n) is 11.8. The number of halogens is 3. The SMILES string of the molecule is Cc1ccc(F)cc1[C@@H](C1CC1)N1CCNCC1.Cl.Cl. The molecule has 0 aromatic heterocycles. The number of piperazine rings is 1. The Balaban J connectivity index is 0.000001000. The Bertz CT molecular complexity index is 432. The first kappa shape index (κ1) is 17.7. The van der Waals surface area contributed by atoms with Gasteiger partial charge in [0, 0.05) is 32.2 Å². The van der Waals surface area contributed by atoms with Crippen molar-refractivity contribution in [2.24, 2.45) is 5.92 Å². The Morgan fingerprint density at radius 1 is 1.20 bits per heavy atom.